The molecule has 0 saturated carbocycles. The van der Waals surface area contributed by atoms with Crippen molar-refractivity contribution in [2.24, 2.45) is 5.14 Å². The highest BCUT2D eigenvalue weighted by molar-refractivity contribution is 7.89. The first kappa shape index (κ1) is 21.4. The lowest BCUT2D eigenvalue weighted by molar-refractivity contribution is -0.124. The maximum Gasteiger partial charge on any atom is 0.338 e. The van der Waals surface area contributed by atoms with E-state index in [-0.39, 0.29) is 4.90 Å². The van der Waals surface area contributed by atoms with Crippen LogP contribution in [-0.2, 0) is 19.6 Å². The first-order valence-electron chi connectivity index (χ1n) is 8.44. The topological polar surface area (TPSA) is 119 Å². The molecular formula is C19H23N3O5S. The number of primary sulfonamides is 1. The van der Waals surface area contributed by atoms with E-state index in [0.29, 0.717) is 11.1 Å². The minimum absolute atomic E-state index is 0.0102. The fraction of sp³-hybridized carbons (Fsp3) is 0.263. The number of esters is 1. The quantitative estimate of drug-likeness (QED) is 0.673. The van der Waals surface area contributed by atoms with Gasteiger partial charge in [0.05, 0.1) is 16.5 Å². The fourth-order valence-corrected chi connectivity index (χ4v) is 2.94. The zero-order valence-corrected chi connectivity index (χ0v) is 16.7. The molecule has 9 heteroatoms. The summed E-state index contributed by atoms with van der Waals surface area (Å²) in [6.07, 6.45) is 0. The predicted octanol–water partition coefficient (Wildman–Crippen LogP) is 1.43. The smallest absolute Gasteiger partial charge is 0.338 e. The van der Waals surface area contributed by atoms with Crippen molar-refractivity contribution in [1.82, 2.24) is 5.32 Å². The van der Waals surface area contributed by atoms with Crippen molar-refractivity contribution in [2.45, 2.75) is 17.9 Å². The third kappa shape index (κ3) is 5.80. The van der Waals surface area contributed by atoms with Crippen LogP contribution in [0.2, 0.25) is 0 Å². The number of benzene rings is 2. The van der Waals surface area contributed by atoms with Crippen LogP contribution in [-0.4, -0.2) is 41.0 Å². The number of nitrogens with two attached hydrogens (primary N) is 1. The van der Waals surface area contributed by atoms with Gasteiger partial charge in [0.2, 0.25) is 10.0 Å². The molecule has 1 amide bonds. The number of nitrogens with zero attached hydrogens (tertiary/aromatic N) is 1. The zero-order chi connectivity index (χ0) is 20.9. The summed E-state index contributed by atoms with van der Waals surface area (Å²) in [6.45, 7) is 1.31. The molecule has 2 aromatic carbocycles. The molecule has 150 valence electrons. The number of amides is 1. The Morgan fingerprint density at radius 3 is 2.14 bits per heavy atom. The molecule has 0 unspecified atom stereocenters. The Morgan fingerprint density at radius 1 is 1.07 bits per heavy atom. The van der Waals surface area contributed by atoms with E-state index in [0.717, 1.165) is 5.69 Å². The summed E-state index contributed by atoms with van der Waals surface area (Å²) in [7, 11) is 0.0125. The molecule has 0 aliphatic carbocycles. The molecule has 28 heavy (non-hydrogen) atoms. The molecule has 8 nitrogen and oxygen atoms in total. The maximum absolute atomic E-state index is 12.0. The zero-order valence-electron chi connectivity index (χ0n) is 15.9. The van der Waals surface area contributed by atoms with Crippen molar-refractivity contribution in [3.05, 3.63) is 59.7 Å². The lowest BCUT2D eigenvalue weighted by atomic mass is 10.1. The van der Waals surface area contributed by atoms with E-state index in [4.69, 9.17) is 9.88 Å². The van der Waals surface area contributed by atoms with Gasteiger partial charge in [-0.05, 0) is 48.9 Å². The Bertz CT molecular complexity index is 939. The second-order valence-corrected chi connectivity index (χ2v) is 7.98. The summed E-state index contributed by atoms with van der Waals surface area (Å²) in [4.78, 5) is 25.9. The number of carbonyl (C=O) groups excluding carboxylic acids is 2. The molecule has 0 radical (unpaired) electrons. The van der Waals surface area contributed by atoms with E-state index in [1.165, 1.54) is 12.1 Å². The van der Waals surface area contributed by atoms with E-state index in [1.54, 1.807) is 43.3 Å². The number of hydrogen-bond acceptors (Lipinski definition) is 6. The van der Waals surface area contributed by atoms with Gasteiger partial charge in [0.25, 0.3) is 5.91 Å². The predicted molar refractivity (Wildman–Crippen MR) is 105 cm³/mol. The lowest BCUT2D eigenvalue weighted by Gasteiger charge is -2.15. The summed E-state index contributed by atoms with van der Waals surface area (Å²) in [5.41, 5.74) is 1.98. The molecule has 0 aliphatic rings. The number of rotatable bonds is 7. The highest BCUT2D eigenvalue weighted by atomic mass is 32.2. The Balaban J connectivity index is 1.88. The second kappa shape index (κ2) is 8.85. The Labute approximate surface area is 164 Å². The highest BCUT2D eigenvalue weighted by Crippen LogP contribution is 2.16. The van der Waals surface area contributed by atoms with E-state index in [1.807, 2.05) is 19.0 Å². The molecule has 2 aromatic rings. The molecule has 0 bridgehead atoms. The minimum Gasteiger partial charge on any atom is -0.452 e. The average molecular weight is 405 g/mol. The van der Waals surface area contributed by atoms with Crippen molar-refractivity contribution < 1.29 is 22.7 Å². The van der Waals surface area contributed by atoms with Gasteiger partial charge in [-0.2, -0.15) is 0 Å². The average Bonchev–Trinajstić information content (AvgIpc) is 2.65. The number of sulfonamides is 1. The van der Waals surface area contributed by atoms with Crippen LogP contribution in [0, 0.1) is 0 Å². The Hall–Kier alpha value is -2.91. The largest absolute Gasteiger partial charge is 0.452 e. The van der Waals surface area contributed by atoms with Gasteiger partial charge >= 0.3 is 5.97 Å². The van der Waals surface area contributed by atoms with E-state index < -0.39 is 34.5 Å². The van der Waals surface area contributed by atoms with Crippen LogP contribution in [0.1, 0.15) is 28.9 Å². The summed E-state index contributed by atoms with van der Waals surface area (Å²) >= 11 is 0. The van der Waals surface area contributed by atoms with E-state index >= 15 is 0 Å². The van der Waals surface area contributed by atoms with Crippen molar-refractivity contribution in [1.29, 1.82) is 0 Å². The molecule has 0 heterocycles. The van der Waals surface area contributed by atoms with Gasteiger partial charge < -0.3 is 15.0 Å². The van der Waals surface area contributed by atoms with Crippen molar-refractivity contribution in [2.75, 3.05) is 25.6 Å². The Morgan fingerprint density at radius 2 is 1.64 bits per heavy atom. The SMILES string of the molecule is C[C@@H](NC(=O)COC(=O)c1ccc(N(C)C)cc1)c1ccc(S(N)(=O)=O)cc1. The third-order valence-electron chi connectivity index (χ3n) is 4.04. The van der Waals surface area contributed by atoms with Crippen LogP contribution in [0.25, 0.3) is 0 Å². The first-order valence-corrected chi connectivity index (χ1v) is 9.99. The molecule has 1 atom stereocenters. The molecule has 0 aliphatic heterocycles. The van der Waals surface area contributed by atoms with Gasteiger partial charge in [-0.3, -0.25) is 4.79 Å². The summed E-state index contributed by atoms with van der Waals surface area (Å²) < 4.78 is 27.6. The Kier molecular flexibility index (Phi) is 6.76. The normalized spacial score (nSPS) is 12.1. The van der Waals surface area contributed by atoms with Gasteiger partial charge in [0, 0.05) is 19.8 Å². The van der Waals surface area contributed by atoms with E-state index in [2.05, 4.69) is 5.32 Å². The van der Waals surface area contributed by atoms with E-state index in [9.17, 15) is 18.0 Å². The molecule has 0 aromatic heterocycles. The molecule has 3 N–H and O–H groups in total. The van der Waals surface area contributed by atoms with Gasteiger partial charge in [-0.15, -0.1) is 0 Å². The van der Waals surface area contributed by atoms with Crippen LogP contribution in [0.4, 0.5) is 5.69 Å². The highest BCUT2D eigenvalue weighted by Gasteiger charge is 2.14. The molecule has 2 rings (SSSR count). The van der Waals surface area contributed by atoms with Crippen molar-refractivity contribution in [3.63, 3.8) is 0 Å². The summed E-state index contributed by atoms with van der Waals surface area (Å²) in [5, 5.41) is 7.74. The minimum atomic E-state index is -3.77. The number of anilines is 1. The lowest BCUT2D eigenvalue weighted by Crippen LogP contribution is -2.31. The standard InChI is InChI=1S/C19H23N3O5S/c1-13(14-6-10-17(11-7-14)28(20,25)26)21-18(23)12-27-19(24)15-4-8-16(9-5-15)22(2)3/h4-11,13H,12H2,1-3H3,(H,21,23)(H2,20,25,26)/t13-/m1/s1. The van der Waals surface area contributed by atoms with Crippen molar-refractivity contribution in [3.8, 4) is 0 Å². The number of hydrogen-bond donors (Lipinski definition) is 2. The van der Waals surface area contributed by atoms with Crippen LogP contribution < -0.4 is 15.4 Å². The number of ether oxygens (including phenoxy) is 1. The molecule has 0 saturated heterocycles. The third-order valence-corrected chi connectivity index (χ3v) is 4.97. The fourth-order valence-electron chi connectivity index (χ4n) is 2.42. The summed E-state index contributed by atoms with van der Waals surface area (Å²) in [6, 6.07) is 12.3. The number of nitrogens with one attached hydrogen (secondary N) is 1. The van der Waals surface area contributed by atoms with Crippen molar-refractivity contribution >= 4 is 27.6 Å². The monoisotopic (exact) mass is 405 g/mol. The molecule has 0 spiro atoms. The number of carbonyl (C=O) groups is 2. The van der Waals surface area contributed by atoms with Crippen LogP contribution in [0.5, 0.6) is 0 Å². The first-order chi connectivity index (χ1) is 13.1. The summed E-state index contributed by atoms with van der Waals surface area (Å²) in [5.74, 6) is -1.06. The van der Waals surface area contributed by atoms with Gasteiger partial charge in [-0.25, -0.2) is 18.4 Å². The van der Waals surface area contributed by atoms with Crippen LogP contribution >= 0.6 is 0 Å². The second-order valence-electron chi connectivity index (χ2n) is 6.42. The molecular weight excluding hydrogens is 382 g/mol. The van der Waals surface area contributed by atoms with Gasteiger partial charge in [0.1, 0.15) is 0 Å². The van der Waals surface area contributed by atoms with Gasteiger partial charge in [-0.1, -0.05) is 12.1 Å². The van der Waals surface area contributed by atoms with Crippen LogP contribution in [0.3, 0.4) is 0 Å². The molecule has 0 fully saturated rings. The van der Waals surface area contributed by atoms with Gasteiger partial charge in [0.15, 0.2) is 6.61 Å². The van der Waals surface area contributed by atoms with Crippen LogP contribution in [0.15, 0.2) is 53.4 Å². The maximum atomic E-state index is 12.0.